The number of aryl methyl sites for hydroxylation is 1. The number of carbonyl (C=O) groups excluding carboxylic acids is 1. The van der Waals surface area contributed by atoms with Crippen molar-refractivity contribution in [3.05, 3.63) is 40.8 Å². The zero-order chi connectivity index (χ0) is 14.0. The van der Waals surface area contributed by atoms with Crippen LogP contribution in [-0.4, -0.2) is 23.7 Å². The number of hydrogen-bond acceptors (Lipinski definition) is 3. The first-order valence-electron chi connectivity index (χ1n) is 5.96. The molecule has 1 aromatic heterocycles. The van der Waals surface area contributed by atoms with Gasteiger partial charge in [-0.05, 0) is 25.1 Å². The van der Waals surface area contributed by atoms with Crippen LogP contribution in [0.4, 0.5) is 5.69 Å². The summed E-state index contributed by atoms with van der Waals surface area (Å²) in [7, 11) is 3.17. The van der Waals surface area contributed by atoms with E-state index >= 15 is 0 Å². The molecular weight excluding hydrogens is 244 g/mol. The van der Waals surface area contributed by atoms with Crippen molar-refractivity contribution >= 4 is 22.4 Å². The minimum atomic E-state index is -0.540. The molecule has 0 aliphatic rings. The Morgan fingerprint density at radius 2 is 2.05 bits per heavy atom. The number of benzene rings is 1. The van der Waals surface area contributed by atoms with Crippen LogP contribution in [0, 0.1) is 0 Å². The van der Waals surface area contributed by atoms with Gasteiger partial charge in [0, 0.05) is 36.8 Å². The first kappa shape index (κ1) is 13.3. The second-order valence-electron chi connectivity index (χ2n) is 4.37. The largest absolute Gasteiger partial charge is 0.372 e. The third kappa shape index (κ3) is 2.51. The molecule has 0 saturated heterocycles. The average molecular weight is 260 g/mol. The van der Waals surface area contributed by atoms with Crippen molar-refractivity contribution in [2.45, 2.75) is 13.0 Å². The molecule has 1 aromatic carbocycles. The molecule has 0 radical (unpaired) electrons. The molecule has 0 bridgehead atoms. The Morgan fingerprint density at radius 3 is 2.74 bits per heavy atom. The summed E-state index contributed by atoms with van der Waals surface area (Å²) >= 11 is 0. The van der Waals surface area contributed by atoms with Gasteiger partial charge in [-0.25, -0.2) is 0 Å². The van der Waals surface area contributed by atoms with Gasteiger partial charge in [0.25, 0.3) is 11.5 Å². The normalized spacial score (nSPS) is 12.4. The van der Waals surface area contributed by atoms with E-state index in [0.717, 1.165) is 5.39 Å². The van der Waals surface area contributed by atoms with Gasteiger partial charge >= 0.3 is 0 Å². The van der Waals surface area contributed by atoms with E-state index in [9.17, 15) is 9.59 Å². The van der Waals surface area contributed by atoms with E-state index in [0.29, 0.717) is 11.1 Å². The van der Waals surface area contributed by atoms with Crippen molar-refractivity contribution in [3.63, 3.8) is 0 Å². The quantitative estimate of drug-likeness (QED) is 0.910. The Hall–Kier alpha value is -2.14. The third-order valence-corrected chi connectivity index (χ3v) is 3.10. The van der Waals surface area contributed by atoms with Gasteiger partial charge in [0.1, 0.15) is 6.10 Å². The van der Waals surface area contributed by atoms with Crippen molar-refractivity contribution in [3.8, 4) is 0 Å². The van der Waals surface area contributed by atoms with Crippen molar-refractivity contribution < 1.29 is 9.53 Å². The van der Waals surface area contributed by atoms with E-state index in [-0.39, 0.29) is 11.5 Å². The SMILES string of the molecule is COC(C)C(=O)Nc1cccc2c(=O)n(C)ccc12. The topological polar surface area (TPSA) is 60.3 Å². The number of carbonyl (C=O) groups is 1. The number of amides is 1. The number of nitrogens with zero attached hydrogens (tertiary/aromatic N) is 1. The van der Waals surface area contributed by atoms with Crippen LogP contribution < -0.4 is 10.9 Å². The Balaban J connectivity index is 2.48. The molecule has 5 nitrogen and oxygen atoms in total. The number of hydrogen-bond donors (Lipinski definition) is 1. The van der Waals surface area contributed by atoms with Crippen LogP contribution in [-0.2, 0) is 16.6 Å². The van der Waals surface area contributed by atoms with Crippen LogP contribution in [0.15, 0.2) is 35.3 Å². The van der Waals surface area contributed by atoms with Crippen LogP contribution in [0.3, 0.4) is 0 Å². The summed E-state index contributed by atoms with van der Waals surface area (Å²) in [5, 5.41) is 4.07. The maximum Gasteiger partial charge on any atom is 0.258 e. The lowest BCUT2D eigenvalue weighted by molar-refractivity contribution is -0.124. The van der Waals surface area contributed by atoms with Crippen LogP contribution in [0.1, 0.15) is 6.92 Å². The smallest absolute Gasteiger partial charge is 0.258 e. The van der Waals surface area contributed by atoms with E-state index in [4.69, 9.17) is 4.74 Å². The van der Waals surface area contributed by atoms with Crippen molar-refractivity contribution in [1.82, 2.24) is 4.57 Å². The van der Waals surface area contributed by atoms with Gasteiger partial charge < -0.3 is 14.6 Å². The number of nitrogens with one attached hydrogen (secondary N) is 1. The molecule has 1 heterocycles. The highest BCUT2D eigenvalue weighted by molar-refractivity contribution is 6.03. The van der Waals surface area contributed by atoms with Crippen LogP contribution in [0.5, 0.6) is 0 Å². The highest BCUT2D eigenvalue weighted by atomic mass is 16.5. The Kier molecular flexibility index (Phi) is 3.66. The lowest BCUT2D eigenvalue weighted by Crippen LogP contribution is -2.26. The van der Waals surface area contributed by atoms with Gasteiger partial charge in [0.05, 0.1) is 0 Å². The molecule has 2 rings (SSSR count). The molecule has 0 spiro atoms. The number of pyridine rings is 1. The monoisotopic (exact) mass is 260 g/mol. The minimum Gasteiger partial charge on any atom is -0.372 e. The maximum atomic E-state index is 12.0. The molecule has 1 atom stereocenters. The van der Waals surface area contributed by atoms with Crippen molar-refractivity contribution in [1.29, 1.82) is 0 Å². The van der Waals surface area contributed by atoms with E-state index in [2.05, 4.69) is 5.32 Å². The Morgan fingerprint density at radius 1 is 1.32 bits per heavy atom. The Labute approximate surface area is 110 Å². The molecule has 0 aliphatic carbocycles. The first-order chi connectivity index (χ1) is 9.04. The highest BCUT2D eigenvalue weighted by Gasteiger charge is 2.13. The molecule has 1 N–H and O–H groups in total. The minimum absolute atomic E-state index is 0.0895. The molecular formula is C14H16N2O3. The lowest BCUT2D eigenvalue weighted by atomic mass is 10.1. The third-order valence-electron chi connectivity index (χ3n) is 3.10. The predicted octanol–water partition coefficient (Wildman–Crippen LogP) is 1.51. The van der Waals surface area contributed by atoms with Gasteiger partial charge in [-0.15, -0.1) is 0 Å². The summed E-state index contributed by atoms with van der Waals surface area (Å²) in [4.78, 5) is 23.8. The van der Waals surface area contributed by atoms with E-state index in [1.54, 1.807) is 38.4 Å². The summed E-state index contributed by atoms with van der Waals surface area (Å²) in [6.07, 6.45) is 1.14. The van der Waals surface area contributed by atoms with E-state index in [1.807, 2.05) is 6.07 Å². The molecule has 5 heteroatoms. The first-order valence-corrected chi connectivity index (χ1v) is 5.96. The van der Waals surface area contributed by atoms with Gasteiger partial charge in [-0.1, -0.05) is 6.07 Å². The zero-order valence-corrected chi connectivity index (χ0v) is 11.1. The number of ether oxygens (including phenoxy) is 1. The average Bonchev–Trinajstić information content (AvgIpc) is 2.42. The summed E-state index contributed by atoms with van der Waals surface area (Å²) in [6.45, 7) is 1.67. The summed E-state index contributed by atoms with van der Waals surface area (Å²) in [5.74, 6) is -0.240. The summed E-state index contributed by atoms with van der Waals surface area (Å²) in [6, 6.07) is 7.07. The summed E-state index contributed by atoms with van der Waals surface area (Å²) < 4.78 is 6.47. The van der Waals surface area contributed by atoms with Gasteiger partial charge in [-0.2, -0.15) is 0 Å². The van der Waals surface area contributed by atoms with E-state index in [1.165, 1.54) is 11.7 Å². The van der Waals surface area contributed by atoms with Gasteiger partial charge in [0.15, 0.2) is 0 Å². The van der Waals surface area contributed by atoms with Crippen LogP contribution in [0.2, 0.25) is 0 Å². The second kappa shape index (κ2) is 5.24. The molecule has 2 aromatic rings. The molecule has 0 saturated carbocycles. The number of methoxy groups -OCH3 is 1. The van der Waals surface area contributed by atoms with Crippen LogP contribution in [0.25, 0.3) is 10.8 Å². The fourth-order valence-electron chi connectivity index (χ4n) is 1.83. The van der Waals surface area contributed by atoms with Gasteiger partial charge in [0.2, 0.25) is 0 Å². The zero-order valence-electron chi connectivity index (χ0n) is 11.1. The fraction of sp³-hybridized carbons (Fsp3) is 0.286. The highest BCUT2D eigenvalue weighted by Crippen LogP contribution is 2.20. The lowest BCUT2D eigenvalue weighted by Gasteiger charge is -2.12. The van der Waals surface area contributed by atoms with Crippen molar-refractivity contribution in [2.24, 2.45) is 7.05 Å². The fourth-order valence-corrected chi connectivity index (χ4v) is 1.83. The number of fused-ring (bicyclic) bond motifs is 1. The standard InChI is InChI=1S/C14H16N2O3/c1-9(19-3)13(17)15-12-6-4-5-11-10(12)7-8-16(2)14(11)18/h4-9H,1-3H3,(H,15,17). The molecule has 0 fully saturated rings. The number of anilines is 1. The predicted molar refractivity (Wildman–Crippen MR) is 74.3 cm³/mol. The molecule has 100 valence electrons. The van der Waals surface area contributed by atoms with E-state index < -0.39 is 6.10 Å². The second-order valence-corrected chi connectivity index (χ2v) is 4.37. The van der Waals surface area contributed by atoms with Gasteiger partial charge in [-0.3, -0.25) is 9.59 Å². The molecule has 19 heavy (non-hydrogen) atoms. The number of aromatic nitrogens is 1. The van der Waals surface area contributed by atoms with Crippen molar-refractivity contribution in [2.75, 3.05) is 12.4 Å². The van der Waals surface area contributed by atoms with Crippen LogP contribution >= 0.6 is 0 Å². The molecule has 0 aliphatic heterocycles. The molecule has 1 unspecified atom stereocenters. The maximum absolute atomic E-state index is 12.0. The summed E-state index contributed by atoms with van der Waals surface area (Å²) in [5.41, 5.74) is 0.525. The molecule has 1 amide bonds. The Bertz CT molecular complexity index is 676. The number of rotatable bonds is 3.